The first-order valence-corrected chi connectivity index (χ1v) is 8.86. The number of carbonyl (C=O) groups excluding carboxylic acids is 1. The summed E-state index contributed by atoms with van der Waals surface area (Å²) in [7, 11) is 0. The predicted octanol–water partition coefficient (Wildman–Crippen LogP) is 2.75. The van der Waals surface area contributed by atoms with Gasteiger partial charge in [0.05, 0.1) is 0 Å². The molecule has 0 aliphatic carbocycles. The number of halogens is 4. The van der Waals surface area contributed by atoms with Crippen LogP contribution in [0, 0.1) is 13.8 Å². The third kappa shape index (κ3) is 5.32. The Hall–Kier alpha value is -1.94. The molecule has 1 amide bonds. The Morgan fingerprint density at radius 3 is 2.32 bits per heavy atom. The van der Waals surface area contributed by atoms with Crippen molar-refractivity contribution in [2.45, 2.75) is 65.1 Å². The maximum atomic E-state index is 12.8. The minimum absolute atomic E-state index is 0. The van der Waals surface area contributed by atoms with Crippen LogP contribution >= 0.6 is 12.4 Å². The Kier molecular flexibility index (Phi) is 7.78. The topological polar surface area (TPSA) is 98.2 Å². The lowest BCUT2D eigenvalue weighted by atomic mass is 9.94. The molecule has 28 heavy (non-hydrogen) atoms. The monoisotopic (exact) mass is 422 g/mol. The van der Waals surface area contributed by atoms with E-state index in [1.807, 2.05) is 13.8 Å². The number of nitrogens with one attached hydrogen (secondary N) is 1. The molecule has 2 aromatic rings. The summed E-state index contributed by atoms with van der Waals surface area (Å²) in [6.45, 7) is 7.64. The fourth-order valence-electron chi connectivity index (χ4n) is 2.79. The Labute approximate surface area is 167 Å². The van der Waals surface area contributed by atoms with Crippen molar-refractivity contribution in [3.8, 4) is 0 Å². The van der Waals surface area contributed by atoms with Crippen molar-refractivity contribution in [2.75, 3.05) is 6.54 Å². The molecule has 11 heteroatoms. The molecular formula is C17H26ClF3N6O. The van der Waals surface area contributed by atoms with Crippen molar-refractivity contribution in [3.63, 3.8) is 0 Å². The van der Waals surface area contributed by atoms with E-state index in [1.165, 1.54) is 0 Å². The minimum Gasteiger partial charge on any atom is -0.354 e. The first-order chi connectivity index (χ1) is 12.5. The lowest BCUT2D eigenvalue weighted by Gasteiger charge is -2.26. The predicted molar refractivity (Wildman–Crippen MR) is 101 cm³/mol. The highest BCUT2D eigenvalue weighted by Crippen LogP contribution is 2.27. The number of nitrogens with two attached hydrogens (primary N) is 1. The zero-order valence-electron chi connectivity index (χ0n) is 16.4. The second kappa shape index (κ2) is 9.04. The fraction of sp³-hybridized carbons (Fsp3) is 0.647. The van der Waals surface area contributed by atoms with E-state index < -0.39 is 17.5 Å². The molecule has 0 atom stereocenters. The van der Waals surface area contributed by atoms with Crippen LogP contribution in [0.15, 0.2) is 0 Å². The maximum absolute atomic E-state index is 12.8. The molecular weight excluding hydrogens is 397 g/mol. The standard InChI is InChI=1S/C17H25F3N6O.ClH/c1-5-16(21,6-2)9-22-13(27)8-7-12-10(3)23-15-24-14(17(18,19)20)25-26(15)11(12)4;/h5-9,21H2,1-4H3,(H,22,27);1H. The van der Waals surface area contributed by atoms with Crippen molar-refractivity contribution in [2.24, 2.45) is 5.73 Å². The van der Waals surface area contributed by atoms with E-state index >= 15 is 0 Å². The van der Waals surface area contributed by atoms with E-state index in [9.17, 15) is 18.0 Å². The number of fused-ring (bicyclic) bond motifs is 1. The van der Waals surface area contributed by atoms with Crippen LogP contribution < -0.4 is 11.1 Å². The van der Waals surface area contributed by atoms with Gasteiger partial charge in [-0.25, -0.2) is 9.50 Å². The molecule has 0 fully saturated rings. The quantitative estimate of drug-likeness (QED) is 0.714. The molecule has 2 heterocycles. The van der Waals surface area contributed by atoms with Gasteiger partial charge in [0.1, 0.15) is 0 Å². The molecule has 0 radical (unpaired) electrons. The summed E-state index contributed by atoms with van der Waals surface area (Å²) in [5, 5.41) is 6.33. The van der Waals surface area contributed by atoms with Gasteiger partial charge in [0.15, 0.2) is 0 Å². The van der Waals surface area contributed by atoms with E-state index in [4.69, 9.17) is 5.73 Å². The van der Waals surface area contributed by atoms with Crippen LogP contribution in [-0.4, -0.2) is 37.6 Å². The van der Waals surface area contributed by atoms with Crippen LogP contribution in [0.2, 0.25) is 0 Å². The van der Waals surface area contributed by atoms with Gasteiger partial charge >= 0.3 is 6.18 Å². The highest BCUT2D eigenvalue weighted by molar-refractivity contribution is 5.85. The van der Waals surface area contributed by atoms with Crippen molar-refractivity contribution in [1.82, 2.24) is 24.9 Å². The molecule has 0 bridgehead atoms. The van der Waals surface area contributed by atoms with E-state index in [0.29, 0.717) is 29.9 Å². The first-order valence-electron chi connectivity index (χ1n) is 8.86. The Bertz CT molecular complexity index is 832. The van der Waals surface area contributed by atoms with E-state index in [0.717, 1.165) is 17.4 Å². The summed E-state index contributed by atoms with van der Waals surface area (Å²) in [6, 6.07) is 0. The molecule has 7 nitrogen and oxygen atoms in total. The normalized spacial score (nSPS) is 12.1. The average molecular weight is 423 g/mol. The number of alkyl halides is 3. The van der Waals surface area contributed by atoms with Crippen LogP contribution in [-0.2, 0) is 17.4 Å². The number of carbonyl (C=O) groups is 1. The smallest absolute Gasteiger partial charge is 0.354 e. The van der Waals surface area contributed by atoms with Gasteiger partial charge in [-0.05, 0) is 38.7 Å². The van der Waals surface area contributed by atoms with Gasteiger partial charge in [-0.2, -0.15) is 18.2 Å². The number of hydrogen-bond donors (Lipinski definition) is 2. The molecule has 0 spiro atoms. The van der Waals surface area contributed by atoms with Gasteiger partial charge in [0, 0.05) is 29.9 Å². The van der Waals surface area contributed by atoms with Crippen LogP contribution in [0.5, 0.6) is 0 Å². The minimum atomic E-state index is -4.64. The molecule has 0 aliphatic heterocycles. The van der Waals surface area contributed by atoms with Gasteiger partial charge in [0.25, 0.3) is 11.6 Å². The fourth-order valence-corrected chi connectivity index (χ4v) is 2.79. The van der Waals surface area contributed by atoms with Crippen LogP contribution in [0.25, 0.3) is 5.78 Å². The molecule has 2 rings (SSSR count). The van der Waals surface area contributed by atoms with Gasteiger partial charge < -0.3 is 11.1 Å². The number of hydrogen-bond acceptors (Lipinski definition) is 5. The second-order valence-electron chi connectivity index (χ2n) is 6.75. The van der Waals surface area contributed by atoms with Crippen LogP contribution in [0.3, 0.4) is 0 Å². The summed E-state index contributed by atoms with van der Waals surface area (Å²) in [4.78, 5) is 19.7. The molecule has 0 saturated carbocycles. The third-order valence-corrected chi connectivity index (χ3v) is 4.95. The average Bonchev–Trinajstić information content (AvgIpc) is 3.04. The summed E-state index contributed by atoms with van der Waals surface area (Å²) in [5.74, 6) is -1.50. The SMILES string of the molecule is CCC(N)(CC)CNC(=O)CCc1c(C)nc2nc(C(F)(F)F)nn2c1C.Cl. The molecule has 158 valence electrons. The van der Waals surface area contributed by atoms with Crippen LogP contribution in [0.1, 0.15) is 55.9 Å². The van der Waals surface area contributed by atoms with Gasteiger partial charge in [-0.1, -0.05) is 13.8 Å². The lowest BCUT2D eigenvalue weighted by molar-refractivity contribution is -0.144. The highest BCUT2D eigenvalue weighted by Gasteiger charge is 2.37. The molecule has 0 aromatic carbocycles. The Balaban J connectivity index is 0.00000392. The largest absolute Gasteiger partial charge is 0.453 e. The summed E-state index contributed by atoms with van der Waals surface area (Å²) in [5.41, 5.74) is 7.43. The van der Waals surface area contributed by atoms with E-state index in [-0.39, 0.29) is 30.5 Å². The number of rotatable bonds is 7. The van der Waals surface area contributed by atoms with Gasteiger partial charge in [-0.3, -0.25) is 4.79 Å². The maximum Gasteiger partial charge on any atom is 0.453 e. The molecule has 0 saturated heterocycles. The summed E-state index contributed by atoms with van der Waals surface area (Å²) < 4.78 is 39.5. The molecule has 3 N–H and O–H groups in total. The van der Waals surface area contributed by atoms with Crippen molar-refractivity contribution in [3.05, 3.63) is 22.8 Å². The Morgan fingerprint density at radius 2 is 1.79 bits per heavy atom. The molecule has 0 aliphatic rings. The first kappa shape index (κ1) is 24.1. The molecule has 0 unspecified atom stereocenters. The second-order valence-corrected chi connectivity index (χ2v) is 6.75. The zero-order valence-corrected chi connectivity index (χ0v) is 17.2. The van der Waals surface area contributed by atoms with Crippen molar-refractivity contribution < 1.29 is 18.0 Å². The number of nitrogens with zero attached hydrogens (tertiary/aromatic N) is 4. The van der Waals surface area contributed by atoms with Gasteiger partial charge in [-0.15, -0.1) is 17.5 Å². The van der Waals surface area contributed by atoms with Crippen LogP contribution in [0.4, 0.5) is 13.2 Å². The van der Waals surface area contributed by atoms with Gasteiger partial charge in [0.2, 0.25) is 5.91 Å². The Morgan fingerprint density at radius 1 is 1.18 bits per heavy atom. The zero-order chi connectivity index (χ0) is 20.4. The van der Waals surface area contributed by atoms with Crippen molar-refractivity contribution in [1.29, 1.82) is 0 Å². The highest BCUT2D eigenvalue weighted by atomic mass is 35.5. The van der Waals surface area contributed by atoms with E-state index in [2.05, 4.69) is 20.4 Å². The summed E-state index contributed by atoms with van der Waals surface area (Å²) in [6.07, 6.45) is -2.63. The number of amides is 1. The third-order valence-electron chi connectivity index (χ3n) is 4.95. The number of aryl methyl sites for hydroxylation is 2. The lowest BCUT2D eigenvalue weighted by Crippen LogP contribution is -2.49. The van der Waals surface area contributed by atoms with Crippen molar-refractivity contribution >= 4 is 24.1 Å². The number of aromatic nitrogens is 4. The molecule has 2 aromatic heterocycles. The summed E-state index contributed by atoms with van der Waals surface area (Å²) >= 11 is 0. The van der Waals surface area contributed by atoms with E-state index in [1.54, 1.807) is 13.8 Å².